The van der Waals surface area contributed by atoms with E-state index in [1.54, 1.807) is 0 Å². The Morgan fingerprint density at radius 2 is 2.00 bits per heavy atom. The average molecular weight is 357 g/mol. The minimum Gasteiger partial charge on any atom is -0.329 e. The van der Waals surface area contributed by atoms with E-state index in [-0.39, 0.29) is 11.9 Å². The summed E-state index contributed by atoms with van der Waals surface area (Å²) in [6.07, 6.45) is 5.13. The first kappa shape index (κ1) is 16.9. The van der Waals surface area contributed by atoms with E-state index in [0.29, 0.717) is 23.0 Å². The maximum Gasteiger partial charge on any atom is 0.137 e. The summed E-state index contributed by atoms with van der Waals surface area (Å²) in [7, 11) is 0. The largest absolute Gasteiger partial charge is 0.329 e. The molecule has 21 heavy (non-hydrogen) atoms. The number of benzene rings is 1. The van der Waals surface area contributed by atoms with Crippen LogP contribution in [0.4, 0.5) is 4.39 Å². The van der Waals surface area contributed by atoms with Crippen LogP contribution in [0.5, 0.6) is 0 Å². The van der Waals surface area contributed by atoms with Crippen molar-refractivity contribution in [1.82, 2.24) is 4.90 Å². The molecular weight excluding hydrogens is 331 g/mol. The molecule has 0 aromatic heterocycles. The number of rotatable bonds is 6. The summed E-state index contributed by atoms with van der Waals surface area (Å²) in [4.78, 5) is 2.55. The third-order valence-electron chi connectivity index (χ3n) is 4.32. The van der Waals surface area contributed by atoms with Crippen molar-refractivity contribution in [3.8, 4) is 0 Å². The summed E-state index contributed by atoms with van der Waals surface area (Å²) in [5.41, 5.74) is 7.20. The lowest BCUT2D eigenvalue weighted by molar-refractivity contribution is 0.121. The van der Waals surface area contributed by atoms with Crippen molar-refractivity contribution in [2.45, 2.75) is 51.6 Å². The molecule has 2 N–H and O–H groups in total. The SMILES string of the molecule is CC(C)CN(C1CCCC1)C(CN)c1ccc(F)c(Br)c1. The number of nitrogens with two attached hydrogens (primary N) is 1. The second kappa shape index (κ2) is 7.70. The highest BCUT2D eigenvalue weighted by Gasteiger charge is 2.29. The van der Waals surface area contributed by atoms with Gasteiger partial charge in [-0.15, -0.1) is 0 Å². The summed E-state index contributed by atoms with van der Waals surface area (Å²) in [6.45, 7) is 6.11. The topological polar surface area (TPSA) is 29.3 Å². The van der Waals surface area contributed by atoms with E-state index in [0.717, 1.165) is 12.1 Å². The molecule has 118 valence electrons. The van der Waals surface area contributed by atoms with Gasteiger partial charge in [0.05, 0.1) is 4.47 Å². The van der Waals surface area contributed by atoms with Crippen LogP contribution in [0.25, 0.3) is 0 Å². The molecule has 0 saturated heterocycles. The Morgan fingerprint density at radius 3 is 2.52 bits per heavy atom. The summed E-state index contributed by atoms with van der Waals surface area (Å²) >= 11 is 3.29. The number of hydrogen-bond donors (Lipinski definition) is 1. The van der Waals surface area contributed by atoms with Crippen molar-refractivity contribution < 1.29 is 4.39 Å². The molecule has 0 bridgehead atoms. The Balaban J connectivity index is 2.26. The van der Waals surface area contributed by atoms with Gasteiger partial charge in [-0.3, -0.25) is 4.90 Å². The van der Waals surface area contributed by atoms with Crippen LogP contribution >= 0.6 is 15.9 Å². The number of halogens is 2. The molecule has 1 aromatic rings. The molecular formula is C17H26BrFN2. The van der Waals surface area contributed by atoms with E-state index in [1.807, 2.05) is 12.1 Å². The van der Waals surface area contributed by atoms with Gasteiger partial charge in [-0.05, 0) is 52.4 Å². The Morgan fingerprint density at radius 1 is 1.33 bits per heavy atom. The molecule has 0 amide bonds. The predicted octanol–water partition coefficient (Wildman–Crippen LogP) is 4.49. The van der Waals surface area contributed by atoms with Gasteiger partial charge in [-0.25, -0.2) is 4.39 Å². The normalized spacial score (nSPS) is 17.9. The van der Waals surface area contributed by atoms with Crippen molar-refractivity contribution in [1.29, 1.82) is 0 Å². The van der Waals surface area contributed by atoms with Crippen molar-refractivity contribution in [2.24, 2.45) is 11.7 Å². The molecule has 1 aliphatic rings. The third-order valence-corrected chi connectivity index (χ3v) is 4.93. The van der Waals surface area contributed by atoms with Crippen molar-refractivity contribution in [2.75, 3.05) is 13.1 Å². The molecule has 1 fully saturated rings. The molecule has 4 heteroatoms. The number of hydrogen-bond acceptors (Lipinski definition) is 2. The van der Waals surface area contributed by atoms with Gasteiger partial charge in [-0.2, -0.15) is 0 Å². The standard InChI is InChI=1S/C17H26BrFN2/c1-12(2)11-21(14-5-3-4-6-14)17(10-20)13-7-8-16(19)15(18)9-13/h7-9,12,14,17H,3-6,10-11,20H2,1-2H3. The lowest BCUT2D eigenvalue weighted by Gasteiger charge is -2.37. The Kier molecular flexibility index (Phi) is 6.20. The molecule has 0 aliphatic heterocycles. The van der Waals surface area contributed by atoms with E-state index in [1.165, 1.54) is 31.7 Å². The van der Waals surface area contributed by atoms with E-state index in [9.17, 15) is 4.39 Å². The van der Waals surface area contributed by atoms with Gasteiger partial charge in [0.25, 0.3) is 0 Å². The Hall–Kier alpha value is -0.450. The van der Waals surface area contributed by atoms with E-state index < -0.39 is 0 Å². The van der Waals surface area contributed by atoms with Crippen LogP contribution in [-0.4, -0.2) is 24.0 Å². The Labute approximate surface area is 136 Å². The summed E-state index contributed by atoms with van der Waals surface area (Å²) in [5, 5.41) is 0. The highest BCUT2D eigenvalue weighted by molar-refractivity contribution is 9.10. The molecule has 1 aliphatic carbocycles. The van der Waals surface area contributed by atoms with E-state index in [2.05, 4.69) is 34.7 Å². The fourth-order valence-electron chi connectivity index (χ4n) is 3.37. The molecule has 0 radical (unpaired) electrons. The zero-order valence-electron chi connectivity index (χ0n) is 13.0. The van der Waals surface area contributed by atoms with Crippen LogP contribution in [-0.2, 0) is 0 Å². The molecule has 1 aromatic carbocycles. The molecule has 1 unspecified atom stereocenters. The van der Waals surface area contributed by atoms with Gasteiger partial charge in [0, 0.05) is 25.2 Å². The predicted molar refractivity (Wildman–Crippen MR) is 89.7 cm³/mol. The summed E-state index contributed by atoms with van der Waals surface area (Å²) in [5.74, 6) is 0.384. The minimum absolute atomic E-state index is 0.174. The molecule has 0 spiro atoms. The highest BCUT2D eigenvalue weighted by atomic mass is 79.9. The van der Waals surface area contributed by atoms with Crippen LogP contribution < -0.4 is 5.73 Å². The van der Waals surface area contributed by atoms with Gasteiger partial charge in [-0.1, -0.05) is 32.8 Å². The molecule has 1 atom stereocenters. The van der Waals surface area contributed by atoms with E-state index >= 15 is 0 Å². The monoisotopic (exact) mass is 356 g/mol. The number of nitrogens with zero attached hydrogens (tertiary/aromatic N) is 1. The minimum atomic E-state index is -0.217. The van der Waals surface area contributed by atoms with E-state index in [4.69, 9.17) is 5.73 Å². The maximum absolute atomic E-state index is 13.5. The fraction of sp³-hybridized carbons (Fsp3) is 0.647. The first-order valence-corrected chi connectivity index (χ1v) is 8.73. The second-order valence-electron chi connectivity index (χ2n) is 6.45. The molecule has 1 saturated carbocycles. The maximum atomic E-state index is 13.5. The van der Waals surface area contributed by atoms with Crippen LogP contribution in [0.1, 0.15) is 51.1 Å². The Bertz CT molecular complexity index is 458. The average Bonchev–Trinajstić information content (AvgIpc) is 2.96. The van der Waals surface area contributed by atoms with Crippen LogP contribution in [0.15, 0.2) is 22.7 Å². The first-order chi connectivity index (χ1) is 10.0. The lowest BCUT2D eigenvalue weighted by atomic mass is 10.0. The van der Waals surface area contributed by atoms with Crippen LogP contribution in [0.3, 0.4) is 0 Å². The quantitative estimate of drug-likeness (QED) is 0.813. The molecule has 2 nitrogen and oxygen atoms in total. The molecule has 0 heterocycles. The van der Waals surface area contributed by atoms with Crippen molar-refractivity contribution in [3.05, 3.63) is 34.1 Å². The smallest absolute Gasteiger partial charge is 0.137 e. The van der Waals surface area contributed by atoms with Crippen LogP contribution in [0, 0.1) is 11.7 Å². The summed E-state index contributed by atoms with van der Waals surface area (Å²) < 4.78 is 14.0. The fourth-order valence-corrected chi connectivity index (χ4v) is 3.77. The van der Waals surface area contributed by atoms with Gasteiger partial charge >= 0.3 is 0 Å². The van der Waals surface area contributed by atoms with Gasteiger partial charge in [0.2, 0.25) is 0 Å². The van der Waals surface area contributed by atoms with Crippen molar-refractivity contribution in [3.63, 3.8) is 0 Å². The van der Waals surface area contributed by atoms with Crippen LogP contribution in [0.2, 0.25) is 0 Å². The molecule has 2 rings (SSSR count). The van der Waals surface area contributed by atoms with Gasteiger partial charge in [0.1, 0.15) is 5.82 Å². The van der Waals surface area contributed by atoms with Crippen molar-refractivity contribution >= 4 is 15.9 Å². The summed E-state index contributed by atoms with van der Waals surface area (Å²) in [6, 6.07) is 6.08. The zero-order chi connectivity index (χ0) is 15.4. The first-order valence-electron chi connectivity index (χ1n) is 7.93. The second-order valence-corrected chi connectivity index (χ2v) is 7.31. The van der Waals surface area contributed by atoms with Gasteiger partial charge < -0.3 is 5.73 Å². The highest BCUT2D eigenvalue weighted by Crippen LogP contribution is 2.32. The van der Waals surface area contributed by atoms with Gasteiger partial charge in [0.15, 0.2) is 0 Å². The lowest BCUT2D eigenvalue weighted by Crippen LogP contribution is -2.42. The third kappa shape index (κ3) is 4.27. The zero-order valence-corrected chi connectivity index (χ0v) is 14.6.